The van der Waals surface area contributed by atoms with Gasteiger partial charge in [0.2, 0.25) is 11.8 Å². The highest BCUT2D eigenvalue weighted by Crippen LogP contribution is 2.16. The lowest BCUT2D eigenvalue weighted by Gasteiger charge is -2.31. The minimum atomic E-state index is -0.00961. The molecular formula is C11H14ClN3O2. The molecule has 1 saturated heterocycles. The molecule has 0 radical (unpaired) electrons. The van der Waals surface area contributed by atoms with E-state index in [0.717, 1.165) is 12.8 Å². The first kappa shape index (κ1) is 12.1. The van der Waals surface area contributed by atoms with Crippen LogP contribution in [0.4, 0.5) is 0 Å². The summed E-state index contributed by atoms with van der Waals surface area (Å²) in [5, 5.41) is 7.62. The van der Waals surface area contributed by atoms with Crippen molar-refractivity contribution in [2.45, 2.75) is 18.9 Å². The first-order valence-electron chi connectivity index (χ1n) is 5.57. The molecule has 17 heavy (non-hydrogen) atoms. The maximum absolute atomic E-state index is 11.4. The summed E-state index contributed by atoms with van der Waals surface area (Å²) < 4.78 is 5.67. The SMILES string of the molecule is O=C(CCl)N1CCC(Oc2cccnn2)CC1. The molecule has 0 bridgehead atoms. The minimum absolute atomic E-state index is 0.00961. The van der Waals surface area contributed by atoms with Crippen molar-refractivity contribution in [1.82, 2.24) is 15.1 Å². The lowest BCUT2D eigenvalue weighted by Crippen LogP contribution is -2.42. The molecule has 0 N–H and O–H groups in total. The van der Waals surface area contributed by atoms with Crippen LogP contribution in [0.25, 0.3) is 0 Å². The number of likely N-dealkylation sites (tertiary alicyclic amines) is 1. The van der Waals surface area contributed by atoms with Gasteiger partial charge in [-0.25, -0.2) is 0 Å². The lowest BCUT2D eigenvalue weighted by molar-refractivity contribution is -0.130. The highest BCUT2D eigenvalue weighted by atomic mass is 35.5. The van der Waals surface area contributed by atoms with Gasteiger partial charge >= 0.3 is 0 Å². The number of piperidine rings is 1. The van der Waals surface area contributed by atoms with E-state index in [1.165, 1.54) is 0 Å². The van der Waals surface area contributed by atoms with Gasteiger partial charge in [-0.15, -0.1) is 16.7 Å². The van der Waals surface area contributed by atoms with Crippen LogP contribution in [0.15, 0.2) is 18.3 Å². The molecule has 0 atom stereocenters. The Kier molecular flexibility index (Phi) is 4.14. The van der Waals surface area contributed by atoms with Crippen LogP contribution in [0.2, 0.25) is 0 Å². The van der Waals surface area contributed by atoms with E-state index in [1.807, 2.05) is 0 Å². The van der Waals surface area contributed by atoms with Gasteiger partial charge in [0.05, 0.1) is 0 Å². The molecule has 1 aromatic heterocycles. The zero-order chi connectivity index (χ0) is 12.1. The molecule has 5 nitrogen and oxygen atoms in total. The van der Waals surface area contributed by atoms with E-state index < -0.39 is 0 Å². The Morgan fingerprint density at radius 1 is 1.53 bits per heavy atom. The van der Waals surface area contributed by atoms with E-state index in [4.69, 9.17) is 16.3 Å². The van der Waals surface area contributed by atoms with Crippen LogP contribution >= 0.6 is 11.6 Å². The third kappa shape index (κ3) is 3.30. The lowest BCUT2D eigenvalue weighted by atomic mass is 10.1. The van der Waals surface area contributed by atoms with E-state index >= 15 is 0 Å². The summed E-state index contributed by atoms with van der Waals surface area (Å²) in [6, 6.07) is 3.57. The Bertz CT molecular complexity index is 366. The van der Waals surface area contributed by atoms with Crippen molar-refractivity contribution in [1.29, 1.82) is 0 Å². The average molecular weight is 256 g/mol. The number of rotatable bonds is 3. The van der Waals surface area contributed by atoms with Crippen LogP contribution < -0.4 is 4.74 Å². The molecule has 0 aromatic carbocycles. The minimum Gasteiger partial charge on any atom is -0.473 e. The predicted molar refractivity (Wildman–Crippen MR) is 63.0 cm³/mol. The van der Waals surface area contributed by atoms with Crippen molar-refractivity contribution in [3.8, 4) is 5.88 Å². The zero-order valence-electron chi connectivity index (χ0n) is 9.38. The number of hydrogen-bond acceptors (Lipinski definition) is 4. The molecule has 2 heterocycles. The van der Waals surface area contributed by atoms with Gasteiger partial charge in [0.1, 0.15) is 12.0 Å². The van der Waals surface area contributed by atoms with Crippen LogP contribution in [0.3, 0.4) is 0 Å². The molecule has 0 aliphatic carbocycles. The van der Waals surface area contributed by atoms with Gasteiger partial charge in [0.25, 0.3) is 0 Å². The van der Waals surface area contributed by atoms with E-state index in [-0.39, 0.29) is 17.9 Å². The Balaban J connectivity index is 1.82. The topological polar surface area (TPSA) is 55.3 Å². The first-order valence-corrected chi connectivity index (χ1v) is 6.11. The first-order chi connectivity index (χ1) is 8.29. The molecule has 92 valence electrons. The molecule has 0 saturated carbocycles. The second-order valence-corrected chi connectivity index (χ2v) is 4.16. The molecule has 1 aliphatic heterocycles. The number of nitrogens with zero attached hydrogens (tertiary/aromatic N) is 3. The number of ether oxygens (including phenoxy) is 1. The van der Waals surface area contributed by atoms with Crippen LogP contribution in [0.1, 0.15) is 12.8 Å². The standard InChI is InChI=1S/C11H14ClN3O2/c12-8-11(16)15-6-3-9(4-7-15)17-10-2-1-5-13-14-10/h1-2,5,9H,3-4,6-8H2. The molecule has 1 aromatic rings. The molecule has 0 spiro atoms. The second kappa shape index (κ2) is 5.82. The van der Waals surface area contributed by atoms with Gasteiger partial charge in [-0.3, -0.25) is 4.79 Å². The highest BCUT2D eigenvalue weighted by Gasteiger charge is 2.23. The molecule has 1 fully saturated rings. The summed E-state index contributed by atoms with van der Waals surface area (Å²) in [7, 11) is 0. The molecule has 6 heteroatoms. The Hall–Kier alpha value is -1.36. The number of aromatic nitrogens is 2. The fraction of sp³-hybridized carbons (Fsp3) is 0.545. The highest BCUT2D eigenvalue weighted by molar-refractivity contribution is 6.27. The van der Waals surface area contributed by atoms with Crippen molar-refractivity contribution in [2.75, 3.05) is 19.0 Å². The summed E-state index contributed by atoms with van der Waals surface area (Å²) in [5.41, 5.74) is 0. The number of carbonyl (C=O) groups is 1. The molecule has 2 rings (SSSR count). The number of amides is 1. The maximum atomic E-state index is 11.4. The largest absolute Gasteiger partial charge is 0.473 e. The quantitative estimate of drug-likeness (QED) is 0.759. The normalized spacial score (nSPS) is 16.9. The molecule has 1 aliphatic rings. The summed E-state index contributed by atoms with van der Waals surface area (Å²) >= 11 is 5.51. The maximum Gasteiger partial charge on any atom is 0.237 e. The van der Waals surface area contributed by atoms with E-state index in [0.29, 0.717) is 19.0 Å². The van der Waals surface area contributed by atoms with E-state index in [2.05, 4.69) is 10.2 Å². The third-order valence-corrected chi connectivity index (χ3v) is 2.97. The van der Waals surface area contributed by atoms with Gasteiger partial charge in [-0.1, -0.05) is 0 Å². The van der Waals surface area contributed by atoms with Gasteiger partial charge in [0, 0.05) is 38.2 Å². The molecular weight excluding hydrogens is 242 g/mol. The Morgan fingerprint density at radius 2 is 2.29 bits per heavy atom. The number of halogens is 1. The smallest absolute Gasteiger partial charge is 0.237 e. The van der Waals surface area contributed by atoms with Gasteiger partial charge in [0.15, 0.2) is 0 Å². The molecule has 0 unspecified atom stereocenters. The van der Waals surface area contributed by atoms with Crippen LogP contribution in [-0.2, 0) is 4.79 Å². The van der Waals surface area contributed by atoms with Crippen molar-refractivity contribution >= 4 is 17.5 Å². The van der Waals surface area contributed by atoms with E-state index in [9.17, 15) is 4.79 Å². The summed E-state index contributed by atoms with van der Waals surface area (Å²) in [6.45, 7) is 1.38. The number of alkyl halides is 1. The van der Waals surface area contributed by atoms with Crippen molar-refractivity contribution in [3.63, 3.8) is 0 Å². The summed E-state index contributed by atoms with van der Waals surface area (Å²) in [5.74, 6) is 0.578. The van der Waals surface area contributed by atoms with Crippen molar-refractivity contribution < 1.29 is 9.53 Å². The van der Waals surface area contributed by atoms with Crippen LogP contribution in [0.5, 0.6) is 5.88 Å². The van der Waals surface area contributed by atoms with Gasteiger partial charge in [-0.2, -0.15) is 5.10 Å². The zero-order valence-corrected chi connectivity index (χ0v) is 10.1. The third-order valence-electron chi connectivity index (χ3n) is 2.74. The van der Waals surface area contributed by atoms with E-state index in [1.54, 1.807) is 23.2 Å². The van der Waals surface area contributed by atoms with Gasteiger partial charge in [-0.05, 0) is 6.07 Å². The summed E-state index contributed by atoms with van der Waals surface area (Å²) in [4.78, 5) is 13.1. The fourth-order valence-electron chi connectivity index (χ4n) is 1.83. The second-order valence-electron chi connectivity index (χ2n) is 3.89. The summed E-state index contributed by atoms with van der Waals surface area (Å²) in [6.07, 6.45) is 3.32. The Morgan fingerprint density at radius 3 is 2.88 bits per heavy atom. The number of carbonyl (C=O) groups excluding carboxylic acids is 1. The van der Waals surface area contributed by atoms with Gasteiger partial charge < -0.3 is 9.64 Å². The van der Waals surface area contributed by atoms with Crippen molar-refractivity contribution in [2.24, 2.45) is 0 Å². The fourth-order valence-corrected chi connectivity index (χ4v) is 2.00. The Labute approximate surface area is 105 Å². The van der Waals surface area contributed by atoms with Crippen LogP contribution in [0, 0.1) is 0 Å². The number of hydrogen-bond donors (Lipinski definition) is 0. The van der Waals surface area contributed by atoms with Crippen molar-refractivity contribution in [3.05, 3.63) is 18.3 Å². The van der Waals surface area contributed by atoms with Crippen LogP contribution in [-0.4, -0.2) is 46.1 Å². The average Bonchev–Trinajstić information content (AvgIpc) is 2.40. The monoisotopic (exact) mass is 255 g/mol. The molecule has 1 amide bonds. The predicted octanol–water partition coefficient (Wildman–Crippen LogP) is 1.09.